The first-order valence-corrected chi connectivity index (χ1v) is 16.2. The maximum absolute atomic E-state index is 13.9. The fourth-order valence-electron chi connectivity index (χ4n) is 5.07. The maximum Gasteiger partial charge on any atom is 0.326 e. The molecule has 4 aromatic rings. The summed E-state index contributed by atoms with van der Waals surface area (Å²) in [7, 11) is 0. The van der Waals surface area contributed by atoms with Gasteiger partial charge in [-0.25, -0.2) is 4.79 Å². The van der Waals surface area contributed by atoms with Crippen molar-refractivity contribution in [1.29, 1.82) is 0 Å². The number of aromatic nitrogens is 1. The van der Waals surface area contributed by atoms with Crippen LogP contribution < -0.4 is 21.7 Å². The summed E-state index contributed by atoms with van der Waals surface area (Å²) >= 11 is 1.47. The molecule has 4 unspecified atom stereocenters. The van der Waals surface area contributed by atoms with Crippen LogP contribution in [0.25, 0.3) is 10.9 Å². The van der Waals surface area contributed by atoms with Crippen molar-refractivity contribution < 1.29 is 24.3 Å². The Morgan fingerprint density at radius 2 is 1.27 bits per heavy atom. The van der Waals surface area contributed by atoms with E-state index in [2.05, 4.69) is 20.9 Å². The van der Waals surface area contributed by atoms with E-state index in [4.69, 9.17) is 5.73 Å². The molecule has 7 N–H and O–H groups in total. The van der Waals surface area contributed by atoms with Crippen molar-refractivity contribution in [3.8, 4) is 0 Å². The molecule has 0 bridgehead atoms. The van der Waals surface area contributed by atoms with Crippen LogP contribution in [0.15, 0.2) is 91.1 Å². The number of carbonyl (C=O) groups is 4. The van der Waals surface area contributed by atoms with E-state index in [1.54, 1.807) is 6.20 Å². The molecule has 4 rings (SSSR count). The number of carbonyl (C=O) groups excluding carboxylic acids is 3. The number of H-pyrrole nitrogens is 1. The third kappa shape index (κ3) is 9.69. The number of aliphatic carboxylic acids is 1. The molecule has 0 fully saturated rings. The van der Waals surface area contributed by atoms with Crippen LogP contribution in [0, 0.1) is 0 Å². The highest BCUT2D eigenvalue weighted by Crippen LogP contribution is 2.19. The van der Waals surface area contributed by atoms with Crippen molar-refractivity contribution in [2.24, 2.45) is 5.73 Å². The zero-order valence-electron chi connectivity index (χ0n) is 25.1. The fourth-order valence-corrected chi connectivity index (χ4v) is 5.54. The quantitative estimate of drug-likeness (QED) is 0.111. The van der Waals surface area contributed by atoms with Crippen molar-refractivity contribution >= 4 is 46.4 Å². The third-order valence-electron chi connectivity index (χ3n) is 7.51. The molecular weight excluding hydrogens is 590 g/mol. The predicted molar refractivity (Wildman–Crippen MR) is 177 cm³/mol. The molecule has 0 saturated heterocycles. The van der Waals surface area contributed by atoms with Crippen molar-refractivity contribution in [2.45, 2.75) is 49.9 Å². The largest absolute Gasteiger partial charge is 0.480 e. The summed E-state index contributed by atoms with van der Waals surface area (Å²) in [5.41, 5.74) is 9.56. The van der Waals surface area contributed by atoms with Gasteiger partial charge in [0.15, 0.2) is 0 Å². The van der Waals surface area contributed by atoms with Crippen LogP contribution in [-0.2, 0) is 38.4 Å². The lowest BCUT2D eigenvalue weighted by molar-refractivity contribution is -0.142. The first-order chi connectivity index (χ1) is 21.7. The standard InChI is InChI=1S/C34H39N5O5S/c1-45-17-16-28(34(43)44)37-33(42)30(20-24-21-36-27-15-9-8-14-25(24)27)39-32(41)29(19-23-12-6-3-7-13-23)38-31(40)26(35)18-22-10-4-2-5-11-22/h2-15,21,26,28-30,36H,16-20,35H2,1H3,(H,37,42)(H,38,40)(H,39,41)(H,43,44). The Bertz CT molecular complexity index is 1580. The molecule has 0 saturated carbocycles. The van der Waals surface area contributed by atoms with Gasteiger partial charge in [-0.2, -0.15) is 11.8 Å². The number of hydrogen-bond acceptors (Lipinski definition) is 6. The van der Waals surface area contributed by atoms with E-state index in [-0.39, 0.29) is 25.7 Å². The number of thioether (sulfide) groups is 1. The molecule has 0 aliphatic rings. The Morgan fingerprint density at radius 3 is 1.89 bits per heavy atom. The molecule has 0 spiro atoms. The van der Waals surface area contributed by atoms with Gasteiger partial charge in [-0.1, -0.05) is 78.9 Å². The second-order valence-electron chi connectivity index (χ2n) is 10.9. The summed E-state index contributed by atoms with van der Waals surface area (Å²) < 4.78 is 0. The minimum absolute atomic E-state index is 0.0932. The summed E-state index contributed by atoms with van der Waals surface area (Å²) in [6, 6.07) is 21.9. The van der Waals surface area contributed by atoms with Gasteiger partial charge in [0.2, 0.25) is 17.7 Å². The number of nitrogens with two attached hydrogens (primary N) is 1. The van der Waals surface area contributed by atoms with Crippen molar-refractivity contribution in [1.82, 2.24) is 20.9 Å². The van der Waals surface area contributed by atoms with Crippen LogP contribution in [0.4, 0.5) is 0 Å². The van der Waals surface area contributed by atoms with Gasteiger partial charge in [-0.15, -0.1) is 0 Å². The Hall–Kier alpha value is -4.61. The molecule has 10 nitrogen and oxygen atoms in total. The Morgan fingerprint density at radius 1 is 0.733 bits per heavy atom. The number of carboxylic acid groups (broad SMARTS) is 1. The molecule has 0 aliphatic heterocycles. The summed E-state index contributed by atoms with van der Waals surface area (Å²) in [5, 5.41) is 18.8. The molecule has 1 heterocycles. The van der Waals surface area contributed by atoms with Gasteiger partial charge < -0.3 is 31.8 Å². The van der Waals surface area contributed by atoms with Gasteiger partial charge in [0.25, 0.3) is 0 Å². The summed E-state index contributed by atoms with van der Waals surface area (Å²) in [6.07, 6.45) is 4.38. The molecule has 11 heteroatoms. The molecule has 3 aromatic carbocycles. The Balaban J connectivity index is 1.57. The molecule has 236 valence electrons. The van der Waals surface area contributed by atoms with E-state index in [1.807, 2.05) is 91.2 Å². The van der Waals surface area contributed by atoms with Crippen LogP contribution in [0.1, 0.15) is 23.1 Å². The first kappa shape index (κ1) is 33.3. The van der Waals surface area contributed by atoms with Gasteiger partial charge in [-0.3, -0.25) is 14.4 Å². The molecule has 3 amide bonds. The summed E-state index contributed by atoms with van der Waals surface area (Å²) in [4.78, 5) is 55.8. The number of hydrogen-bond donors (Lipinski definition) is 6. The van der Waals surface area contributed by atoms with Gasteiger partial charge in [0, 0.05) is 29.9 Å². The molecule has 4 atom stereocenters. The molecule has 45 heavy (non-hydrogen) atoms. The van der Waals surface area contributed by atoms with Crippen LogP contribution >= 0.6 is 11.8 Å². The van der Waals surface area contributed by atoms with Gasteiger partial charge in [-0.05, 0) is 47.6 Å². The minimum Gasteiger partial charge on any atom is -0.480 e. The number of fused-ring (bicyclic) bond motifs is 1. The average molecular weight is 630 g/mol. The summed E-state index contributed by atoms with van der Waals surface area (Å²) in [6.45, 7) is 0. The molecule has 0 radical (unpaired) electrons. The lowest BCUT2D eigenvalue weighted by Gasteiger charge is -2.25. The van der Waals surface area contributed by atoms with E-state index in [0.29, 0.717) is 5.75 Å². The molecule has 0 aliphatic carbocycles. The SMILES string of the molecule is CSCCC(NC(=O)C(Cc1c[nH]c2ccccc12)NC(=O)C(Cc1ccccc1)NC(=O)C(N)Cc1ccccc1)C(=O)O. The van der Waals surface area contributed by atoms with E-state index in [9.17, 15) is 24.3 Å². The highest BCUT2D eigenvalue weighted by atomic mass is 32.2. The van der Waals surface area contributed by atoms with Crippen LogP contribution in [0.5, 0.6) is 0 Å². The summed E-state index contributed by atoms with van der Waals surface area (Å²) in [5.74, 6) is -2.35. The number of nitrogens with one attached hydrogen (secondary N) is 4. The second kappa shape index (κ2) is 16.5. The normalized spacial score (nSPS) is 13.7. The van der Waals surface area contributed by atoms with E-state index < -0.39 is 47.9 Å². The number of rotatable bonds is 16. The number of carboxylic acids is 1. The van der Waals surface area contributed by atoms with Crippen molar-refractivity contribution in [3.05, 3.63) is 108 Å². The van der Waals surface area contributed by atoms with Gasteiger partial charge in [0.05, 0.1) is 6.04 Å². The van der Waals surface area contributed by atoms with E-state index in [1.165, 1.54) is 11.8 Å². The van der Waals surface area contributed by atoms with Crippen LogP contribution in [0.2, 0.25) is 0 Å². The topological polar surface area (TPSA) is 166 Å². The fraction of sp³-hybridized carbons (Fsp3) is 0.294. The lowest BCUT2D eigenvalue weighted by Crippen LogP contribution is -2.58. The van der Waals surface area contributed by atoms with Gasteiger partial charge in [0.1, 0.15) is 18.1 Å². The minimum atomic E-state index is -1.16. The lowest BCUT2D eigenvalue weighted by atomic mass is 10.0. The molecular formula is C34H39N5O5S. The second-order valence-corrected chi connectivity index (χ2v) is 11.8. The number of para-hydroxylation sites is 1. The predicted octanol–water partition coefficient (Wildman–Crippen LogP) is 2.82. The van der Waals surface area contributed by atoms with Gasteiger partial charge >= 0.3 is 5.97 Å². The maximum atomic E-state index is 13.9. The third-order valence-corrected chi connectivity index (χ3v) is 8.15. The highest BCUT2D eigenvalue weighted by Gasteiger charge is 2.31. The highest BCUT2D eigenvalue weighted by molar-refractivity contribution is 7.98. The monoisotopic (exact) mass is 629 g/mol. The first-order valence-electron chi connectivity index (χ1n) is 14.8. The van der Waals surface area contributed by atoms with Crippen LogP contribution in [-0.4, -0.2) is 70.0 Å². The smallest absolute Gasteiger partial charge is 0.326 e. The van der Waals surface area contributed by atoms with E-state index >= 15 is 0 Å². The average Bonchev–Trinajstić information content (AvgIpc) is 3.45. The zero-order valence-corrected chi connectivity index (χ0v) is 25.9. The Labute approximate surface area is 266 Å². The number of aromatic amines is 1. The number of benzene rings is 3. The Kier molecular flexibility index (Phi) is 12.2. The van der Waals surface area contributed by atoms with Crippen LogP contribution in [0.3, 0.4) is 0 Å². The molecule has 1 aromatic heterocycles. The van der Waals surface area contributed by atoms with Crippen molar-refractivity contribution in [2.75, 3.05) is 12.0 Å². The van der Waals surface area contributed by atoms with E-state index in [0.717, 1.165) is 27.6 Å². The zero-order chi connectivity index (χ0) is 32.2. The van der Waals surface area contributed by atoms with Crippen molar-refractivity contribution in [3.63, 3.8) is 0 Å². The number of amides is 3.